The molecule has 1 saturated heterocycles. The fraction of sp³-hybridized carbons (Fsp3) is 0.565. The lowest BCUT2D eigenvalue weighted by Crippen LogP contribution is -2.36. The molecular formula is C23H35N5O2. The maximum absolute atomic E-state index is 5.50. The number of nitrogens with zero attached hydrogens (tertiary/aromatic N) is 3. The first-order valence-electron chi connectivity index (χ1n) is 11.1. The van der Waals surface area contributed by atoms with E-state index in [1.807, 2.05) is 0 Å². The average molecular weight is 414 g/mol. The van der Waals surface area contributed by atoms with Gasteiger partial charge in [0.1, 0.15) is 0 Å². The van der Waals surface area contributed by atoms with Gasteiger partial charge in [-0.3, -0.25) is 0 Å². The maximum atomic E-state index is 5.50. The number of morpholine rings is 1. The minimum Gasteiger partial charge on any atom is -0.378 e. The molecule has 0 unspecified atom stereocenters. The van der Waals surface area contributed by atoms with Gasteiger partial charge in [-0.2, -0.15) is 0 Å². The quantitative estimate of drug-likeness (QED) is 0.483. The highest BCUT2D eigenvalue weighted by atomic mass is 16.5. The molecular weight excluding hydrogens is 378 g/mol. The van der Waals surface area contributed by atoms with Crippen LogP contribution in [0.25, 0.3) is 0 Å². The summed E-state index contributed by atoms with van der Waals surface area (Å²) in [6.45, 7) is 11.9. The van der Waals surface area contributed by atoms with Crippen LogP contribution in [0.4, 0.5) is 5.69 Å². The zero-order chi connectivity index (χ0) is 21.2. The first kappa shape index (κ1) is 22.2. The Labute approximate surface area is 179 Å². The zero-order valence-electron chi connectivity index (χ0n) is 18.5. The topological polar surface area (TPSA) is 74.9 Å². The van der Waals surface area contributed by atoms with Gasteiger partial charge in [0.05, 0.1) is 32.0 Å². The van der Waals surface area contributed by atoms with Gasteiger partial charge in [0, 0.05) is 37.3 Å². The van der Waals surface area contributed by atoms with Crippen LogP contribution in [-0.4, -0.2) is 44.0 Å². The van der Waals surface area contributed by atoms with Crippen LogP contribution in [0, 0.1) is 0 Å². The summed E-state index contributed by atoms with van der Waals surface area (Å²) in [6, 6.07) is 10.7. The molecule has 0 saturated carbocycles. The molecule has 0 amide bonds. The van der Waals surface area contributed by atoms with Gasteiger partial charge >= 0.3 is 0 Å². The molecule has 2 N–H and O–H groups in total. The van der Waals surface area contributed by atoms with Crippen LogP contribution in [0.1, 0.15) is 56.5 Å². The summed E-state index contributed by atoms with van der Waals surface area (Å²) in [4.78, 5) is 7.07. The Bertz CT molecular complexity index is 777. The summed E-state index contributed by atoms with van der Waals surface area (Å²) in [7, 11) is 0. The van der Waals surface area contributed by atoms with Crippen molar-refractivity contribution in [3.05, 3.63) is 47.3 Å². The second-order valence-electron chi connectivity index (χ2n) is 7.55. The molecule has 7 heteroatoms. The second kappa shape index (κ2) is 11.6. The second-order valence-corrected chi connectivity index (χ2v) is 7.55. The van der Waals surface area contributed by atoms with Crippen molar-refractivity contribution in [3.63, 3.8) is 0 Å². The van der Waals surface area contributed by atoms with Crippen molar-refractivity contribution >= 4 is 11.6 Å². The molecule has 2 aromatic rings. The highest BCUT2D eigenvalue weighted by Crippen LogP contribution is 2.22. The summed E-state index contributed by atoms with van der Waals surface area (Å²) in [6.07, 6.45) is 2.15. The molecule has 0 aliphatic carbocycles. The summed E-state index contributed by atoms with van der Waals surface area (Å²) >= 11 is 0. The van der Waals surface area contributed by atoms with Crippen molar-refractivity contribution in [1.82, 2.24) is 15.8 Å². The predicted octanol–water partition coefficient (Wildman–Crippen LogP) is 3.67. The first-order valence-corrected chi connectivity index (χ1v) is 11.1. The van der Waals surface area contributed by atoms with Crippen molar-refractivity contribution < 1.29 is 9.26 Å². The summed E-state index contributed by atoms with van der Waals surface area (Å²) in [5.41, 5.74) is 3.47. The third kappa shape index (κ3) is 6.23. The maximum Gasteiger partial charge on any atom is 0.191 e. The van der Waals surface area contributed by atoms with Crippen LogP contribution < -0.4 is 15.5 Å². The third-order valence-corrected chi connectivity index (χ3v) is 5.49. The van der Waals surface area contributed by atoms with Crippen LogP contribution in [0.3, 0.4) is 0 Å². The number of aliphatic imine (C=N–C) groups is 1. The van der Waals surface area contributed by atoms with Crippen LogP contribution >= 0.6 is 0 Å². The minimum absolute atomic E-state index is 0.463. The number of benzene rings is 1. The Morgan fingerprint density at radius 3 is 2.50 bits per heavy atom. The van der Waals surface area contributed by atoms with Crippen molar-refractivity contribution in [2.45, 2.75) is 52.6 Å². The van der Waals surface area contributed by atoms with E-state index in [1.165, 1.54) is 11.3 Å². The van der Waals surface area contributed by atoms with E-state index in [2.05, 4.69) is 71.8 Å². The molecule has 0 atom stereocenters. The number of hydrogen-bond acceptors (Lipinski definition) is 5. The number of ether oxygens (including phenoxy) is 1. The largest absolute Gasteiger partial charge is 0.378 e. The van der Waals surface area contributed by atoms with E-state index in [1.54, 1.807) is 0 Å². The number of aromatic nitrogens is 1. The lowest BCUT2D eigenvalue weighted by molar-refractivity contribution is 0.122. The molecule has 30 heavy (non-hydrogen) atoms. The van der Waals surface area contributed by atoms with Crippen molar-refractivity contribution in [2.75, 3.05) is 37.7 Å². The highest BCUT2D eigenvalue weighted by molar-refractivity contribution is 5.79. The normalized spacial score (nSPS) is 14.9. The number of nitrogens with one attached hydrogen (secondary N) is 2. The van der Waals surface area contributed by atoms with Crippen LogP contribution in [0.2, 0.25) is 0 Å². The van der Waals surface area contributed by atoms with Gasteiger partial charge < -0.3 is 24.8 Å². The van der Waals surface area contributed by atoms with Gasteiger partial charge in [0.2, 0.25) is 0 Å². The molecule has 7 nitrogen and oxygen atoms in total. The highest BCUT2D eigenvalue weighted by Gasteiger charge is 2.13. The Morgan fingerprint density at radius 2 is 1.83 bits per heavy atom. The number of guanidine groups is 1. The van der Waals surface area contributed by atoms with Crippen LogP contribution in [-0.2, 0) is 17.8 Å². The summed E-state index contributed by atoms with van der Waals surface area (Å²) < 4.78 is 10.9. The van der Waals surface area contributed by atoms with E-state index in [-0.39, 0.29) is 0 Å². The van der Waals surface area contributed by atoms with Gasteiger partial charge in [-0.15, -0.1) is 0 Å². The van der Waals surface area contributed by atoms with Gasteiger partial charge in [-0.25, -0.2) is 4.99 Å². The SMILES string of the molecule is CCNC(=NCc1ccc(N2CCOCC2)cc1)NCc1cc(C(CC)CC)no1. The third-order valence-electron chi connectivity index (χ3n) is 5.49. The Kier molecular flexibility index (Phi) is 8.56. The fourth-order valence-electron chi connectivity index (χ4n) is 3.63. The number of rotatable bonds is 9. The van der Waals surface area contributed by atoms with Crippen LogP contribution in [0.15, 0.2) is 39.8 Å². The molecule has 0 spiro atoms. The van der Waals surface area contributed by atoms with Gasteiger partial charge in [0.15, 0.2) is 11.7 Å². The molecule has 3 rings (SSSR count). The van der Waals surface area contributed by atoms with Crippen molar-refractivity contribution in [2.24, 2.45) is 4.99 Å². The molecule has 1 aromatic heterocycles. The zero-order valence-corrected chi connectivity index (χ0v) is 18.5. The van der Waals surface area contributed by atoms with Crippen molar-refractivity contribution in [1.29, 1.82) is 0 Å². The van der Waals surface area contributed by atoms with Gasteiger partial charge in [-0.1, -0.05) is 31.1 Å². The van der Waals surface area contributed by atoms with Gasteiger partial charge in [0.25, 0.3) is 0 Å². The monoisotopic (exact) mass is 413 g/mol. The first-order chi connectivity index (χ1) is 14.7. The molecule has 1 fully saturated rings. The van der Waals surface area contributed by atoms with E-state index in [0.29, 0.717) is 19.0 Å². The number of anilines is 1. The molecule has 2 heterocycles. The summed E-state index contributed by atoms with van der Waals surface area (Å²) in [5.74, 6) is 2.07. The van der Waals surface area contributed by atoms with E-state index < -0.39 is 0 Å². The minimum atomic E-state index is 0.463. The lowest BCUT2D eigenvalue weighted by Gasteiger charge is -2.28. The van der Waals surface area contributed by atoms with Crippen LogP contribution in [0.5, 0.6) is 0 Å². The van der Waals surface area contributed by atoms with Gasteiger partial charge in [-0.05, 0) is 37.5 Å². The molecule has 1 aromatic carbocycles. The predicted molar refractivity (Wildman–Crippen MR) is 121 cm³/mol. The van der Waals surface area contributed by atoms with E-state index in [4.69, 9.17) is 14.3 Å². The Hall–Kier alpha value is -2.54. The average Bonchev–Trinajstić information content (AvgIpc) is 3.26. The molecule has 1 aliphatic rings. The Balaban J connectivity index is 1.55. The Morgan fingerprint density at radius 1 is 1.10 bits per heavy atom. The standard InChI is InChI=1S/C23H35N5O2/c1-4-19(5-2)22-15-21(30-27-22)17-26-23(24-6-3)25-16-18-7-9-20(10-8-18)28-11-13-29-14-12-28/h7-10,15,19H,4-6,11-14,16-17H2,1-3H3,(H2,24,25,26). The lowest BCUT2D eigenvalue weighted by atomic mass is 9.99. The molecule has 0 bridgehead atoms. The van der Waals surface area contributed by atoms with Crippen molar-refractivity contribution in [3.8, 4) is 0 Å². The van der Waals surface area contributed by atoms with E-state index >= 15 is 0 Å². The molecule has 164 valence electrons. The fourth-order valence-corrected chi connectivity index (χ4v) is 3.63. The smallest absolute Gasteiger partial charge is 0.191 e. The molecule has 0 radical (unpaired) electrons. The van der Waals surface area contributed by atoms with E-state index in [0.717, 1.165) is 63.1 Å². The van der Waals surface area contributed by atoms with E-state index in [9.17, 15) is 0 Å². The number of hydrogen-bond donors (Lipinski definition) is 2. The molecule has 1 aliphatic heterocycles. The summed E-state index contributed by atoms with van der Waals surface area (Å²) in [5, 5.41) is 10.9.